The average molecular weight is 477 g/mol. The number of carbonyl (C=O) groups excluding carboxylic acids is 3. The number of hydrogen-bond donors (Lipinski definition) is 1. The molecule has 0 bridgehead atoms. The van der Waals surface area contributed by atoms with E-state index in [-0.39, 0.29) is 30.1 Å². The van der Waals surface area contributed by atoms with Crippen LogP contribution in [0.25, 0.3) is 16.8 Å². The van der Waals surface area contributed by atoms with Crippen molar-refractivity contribution in [3.05, 3.63) is 76.7 Å². The molecule has 3 aromatic carbocycles. The van der Waals surface area contributed by atoms with Crippen LogP contribution in [0.1, 0.15) is 22.8 Å². The van der Waals surface area contributed by atoms with Crippen molar-refractivity contribution in [3.63, 3.8) is 0 Å². The van der Waals surface area contributed by atoms with Crippen LogP contribution in [0.4, 0.5) is 4.79 Å². The van der Waals surface area contributed by atoms with Crippen LogP contribution in [-0.2, 0) is 4.79 Å². The summed E-state index contributed by atoms with van der Waals surface area (Å²) in [4.78, 5) is 39.2. The van der Waals surface area contributed by atoms with E-state index in [1.807, 2.05) is 43.3 Å². The molecule has 4 rings (SSSR count). The summed E-state index contributed by atoms with van der Waals surface area (Å²) in [5, 5.41) is 4.44. The minimum atomic E-state index is -0.386. The summed E-state index contributed by atoms with van der Waals surface area (Å²) in [6, 6.07) is 18.6. The quantitative estimate of drug-likeness (QED) is 0.474. The fraction of sp³-hybridized carbons (Fsp3) is 0.192. The van der Waals surface area contributed by atoms with E-state index in [0.717, 1.165) is 33.0 Å². The summed E-state index contributed by atoms with van der Waals surface area (Å²) in [7, 11) is 1.54. The highest BCUT2D eigenvalue weighted by Crippen LogP contribution is 2.34. The Morgan fingerprint density at radius 2 is 1.82 bits per heavy atom. The molecule has 0 aromatic heterocycles. The van der Waals surface area contributed by atoms with Crippen molar-refractivity contribution in [2.24, 2.45) is 0 Å². The van der Waals surface area contributed by atoms with Gasteiger partial charge in [0.1, 0.15) is 0 Å². The molecular weight excluding hydrogens is 452 g/mol. The molecule has 0 saturated carbocycles. The van der Waals surface area contributed by atoms with Crippen LogP contribution in [-0.4, -0.2) is 48.8 Å². The Hall–Kier alpha value is -3.78. The lowest BCUT2D eigenvalue weighted by molar-refractivity contribution is -0.122. The van der Waals surface area contributed by atoms with E-state index < -0.39 is 0 Å². The van der Waals surface area contributed by atoms with Gasteiger partial charge >= 0.3 is 0 Å². The van der Waals surface area contributed by atoms with Gasteiger partial charge in [-0.15, -0.1) is 0 Å². The van der Waals surface area contributed by atoms with Crippen LogP contribution >= 0.6 is 11.8 Å². The van der Waals surface area contributed by atoms with Gasteiger partial charge in [-0.05, 0) is 65.4 Å². The highest BCUT2D eigenvalue weighted by atomic mass is 32.2. The molecule has 1 fully saturated rings. The van der Waals surface area contributed by atoms with Gasteiger partial charge in [0.2, 0.25) is 0 Å². The molecule has 0 atom stereocenters. The van der Waals surface area contributed by atoms with Crippen molar-refractivity contribution in [2.75, 3.05) is 26.8 Å². The normalized spacial score (nSPS) is 14.6. The Kier molecular flexibility index (Phi) is 7.18. The van der Waals surface area contributed by atoms with Crippen molar-refractivity contribution in [2.45, 2.75) is 6.92 Å². The second-order valence-electron chi connectivity index (χ2n) is 7.49. The lowest BCUT2D eigenvalue weighted by atomic mass is 10.1. The van der Waals surface area contributed by atoms with Gasteiger partial charge in [0.15, 0.2) is 11.5 Å². The van der Waals surface area contributed by atoms with Crippen LogP contribution in [0.3, 0.4) is 0 Å². The van der Waals surface area contributed by atoms with E-state index in [9.17, 15) is 14.4 Å². The van der Waals surface area contributed by atoms with Crippen molar-refractivity contribution in [1.29, 1.82) is 0 Å². The number of nitrogens with one attached hydrogen (secondary N) is 1. The third kappa shape index (κ3) is 5.07. The number of methoxy groups -OCH3 is 1. The molecular formula is C26H24N2O5S. The molecule has 1 aliphatic rings. The predicted octanol–water partition coefficient (Wildman–Crippen LogP) is 4.71. The molecule has 174 valence electrons. The first-order valence-corrected chi connectivity index (χ1v) is 11.6. The molecule has 7 nitrogen and oxygen atoms in total. The molecule has 0 unspecified atom stereocenters. The molecule has 3 amide bonds. The Bertz CT molecular complexity index is 1290. The molecule has 1 N–H and O–H groups in total. The summed E-state index contributed by atoms with van der Waals surface area (Å²) < 4.78 is 10.9. The highest BCUT2D eigenvalue weighted by molar-refractivity contribution is 8.18. The zero-order valence-corrected chi connectivity index (χ0v) is 19.7. The number of benzene rings is 3. The van der Waals surface area contributed by atoms with Gasteiger partial charge in [0.05, 0.1) is 18.6 Å². The smallest absolute Gasteiger partial charge is 0.293 e. The number of fused-ring (bicyclic) bond motifs is 1. The number of ether oxygens (including phenoxy) is 2. The SMILES string of the molecule is CCOc1ccc(/C=C2\SC(=O)N(CCNC(=O)c3ccc4ccccc4c3)C2=O)cc1OC. The molecule has 1 heterocycles. The first kappa shape index (κ1) is 23.4. The molecule has 0 aliphatic carbocycles. The third-order valence-corrected chi connectivity index (χ3v) is 6.20. The van der Waals surface area contributed by atoms with E-state index in [1.165, 1.54) is 0 Å². The zero-order chi connectivity index (χ0) is 24.1. The van der Waals surface area contributed by atoms with E-state index in [0.29, 0.717) is 28.6 Å². The molecule has 1 saturated heterocycles. The van der Waals surface area contributed by atoms with Gasteiger partial charge in [0.25, 0.3) is 17.1 Å². The van der Waals surface area contributed by atoms with E-state index >= 15 is 0 Å². The van der Waals surface area contributed by atoms with Crippen molar-refractivity contribution >= 4 is 45.7 Å². The van der Waals surface area contributed by atoms with E-state index in [1.54, 1.807) is 37.5 Å². The topological polar surface area (TPSA) is 84.9 Å². The molecule has 0 spiro atoms. The maximum atomic E-state index is 12.8. The number of imide groups is 1. The van der Waals surface area contributed by atoms with Crippen molar-refractivity contribution in [1.82, 2.24) is 10.2 Å². The molecule has 0 radical (unpaired) electrons. The van der Waals surface area contributed by atoms with Crippen LogP contribution < -0.4 is 14.8 Å². The summed E-state index contributed by atoms with van der Waals surface area (Å²) in [6.07, 6.45) is 1.65. The minimum Gasteiger partial charge on any atom is -0.493 e. The van der Waals surface area contributed by atoms with Gasteiger partial charge in [0, 0.05) is 18.7 Å². The first-order valence-electron chi connectivity index (χ1n) is 10.8. The van der Waals surface area contributed by atoms with Gasteiger partial charge in [-0.1, -0.05) is 36.4 Å². The second kappa shape index (κ2) is 10.4. The number of rotatable bonds is 8. The largest absolute Gasteiger partial charge is 0.493 e. The van der Waals surface area contributed by atoms with Gasteiger partial charge < -0.3 is 14.8 Å². The van der Waals surface area contributed by atoms with Crippen molar-refractivity contribution < 1.29 is 23.9 Å². The summed E-state index contributed by atoms with van der Waals surface area (Å²) in [5.74, 6) is 0.515. The maximum Gasteiger partial charge on any atom is 0.293 e. The summed E-state index contributed by atoms with van der Waals surface area (Å²) in [6.45, 7) is 2.64. The van der Waals surface area contributed by atoms with Gasteiger partial charge in [-0.25, -0.2) is 0 Å². The van der Waals surface area contributed by atoms with Crippen LogP contribution in [0, 0.1) is 0 Å². The van der Waals surface area contributed by atoms with Gasteiger partial charge in [-0.3, -0.25) is 19.3 Å². The monoisotopic (exact) mass is 476 g/mol. The lowest BCUT2D eigenvalue weighted by Gasteiger charge is -2.13. The fourth-order valence-electron chi connectivity index (χ4n) is 3.61. The second-order valence-corrected chi connectivity index (χ2v) is 8.49. The molecule has 1 aliphatic heterocycles. The zero-order valence-electron chi connectivity index (χ0n) is 18.9. The number of thioether (sulfide) groups is 1. The van der Waals surface area contributed by atoms with Crippen LogP contribution in [0.5, 0.6) is 11.5 Å². The highest BCUT2D eigenvalue weighted by Gasteiger charge is 2.34. The number of amides is 3. The minimum absolute atomic E-state index is 0.0912. The van der Waals surface area contributed by atoms with Crippen molar-refractivity contribution in [3.8, 4) is 11.5 Å². The Morgan fingerprint density at radius 1 is 1.03 bits per heavy atom. The lowest BCUT2D eigenvalue weighted by Crippen LogP contribution is -2.37. The average Bonchev–Trinajstić information content (AvgIpc) is 3.11. The maximum absolute atomic E-state index is 12.8. The number of nitrogens with zero attached hydrogens (tertiary/aromatic N) is 1. The van der Waals surface area contributed by atoms with Gasteiger partial charge in [-0.2, -0.15) is 0 Å². The van der Waals surface area contributed by atoms with Crippen LogP contribution in [0.15, 0.2) is 65.6 Å². The van der Waals surface area contributed by atoms with E-state index in [4.69, 9.17) is 9.47 Å². The number of carbonyl (C=O) groups is 3. The van der Waals surface area contributed by atoms with E-state index in [2.05, 4.69) is 5.32 Å². The Morgan fingerprint density at radius 3 is 2.59 bits per heavy atom. The summed E-state index contributed by atoms with van der Waals surface area (Å²) in [5.41, 5.74) is 1.24. The Balaban J connectivity index is 1.38. The standard InChI is InChI=1S/C26H24N2O5S/c1-3-33-21-11-8-17(14-22(21)32-2)15-23-25(30)28(26(31)34-23)13-12-27-24(29)20-10-9-18-6-4-5-7-19(18)16-20/h4-11,14-16H,3,12-13H2,1-2H3,(H,27,29)/b23-15-. The molecule has 3 aromatic rings. The summed E-state index contributed by atoms with van der Waals surface area (Å²) >= 11 is 0.875. The first-order chi connectivity index (χ1) is 16.5. The fourth-order valence-corrected chi connectivity index (χ4v) is 4.47. The predicted molar refractivity (Wildman–Crippen MR) is 133 cm³/mol. The molecule has 8 heteroatoms. The third-order valence-electron chi connectivity index (χ3n) is 5.29. The van der Waals surface area contributed by atoms with Crippen LogP contribution in [0.2, 0.25) is 0 Å². The Labute approximate surface area is 201 Å². The number of hydrogen-bond acceptors (Lipinski definition) is 6. The molecule has 34 heavy (non-hydrogen) atoms.